The molecule has 0 saturated heterocycles. The Morgan fingerprint density at radius 1 is 1.67 bits per heavy atom. The van der Waals surface area contributed by atoms with Gasteiger partial charge in [-0.25, -0.2) is 0 Å². The van der Waals surface area contributed by atoms with E-state index in [1.807, 2.05) is 6.07 Å². The molecule has 0 radical (unpaired) electrons. The predicted octanol–water partition coefficient (Wildman–Crippen LogP) is 0.0701. The molecule has 0 bridgehead atoms. The number of hydrogen-bond acceptors (Lipinski definition) is 4. The molecule has 1 saturated carbocycles. The maximum absolute atomic E-state index is 11.0. The van der Waals surface area contributed by atoms with E-state index in [2.05, 4.69) is 4.74 Å². The molecule has 1 fully saturated rings. The van der Waals surface area contributed by atoms with Gasteiger partial charge >= 0.3 is 5.97 Å². The van der Waals surface area contributed by atoms with Crippen LogP contribution in [-0.2, 0) is 9.53 Å². The molecule has 1 N–H and O–H groups in total. The summed E-state index contributed by atoms with van der Waals surface area (Å²) in [5, 5.41) is 17.8. The van der Waals surface area contributed by atoms with Crippen molar-refractivity contribution >= 4 is 5.97 Å². The second kappa shape index (κ2) is 3.55. The third kappa shape index (κ3) is 1.56. The molecule has 66 valence electrons. The van der Waals surface area contributed by atoms with E-state index >= 15 is 0 Å². The Kier molecular flexibility index (Phi) is 2.66. The van der Waals surface area contributed by atoms with E-state index in [0.29, 0.717) is 12.8 Å². The average Bonchev–Trinajstić information content (AvgIpc) is 2.45. The second-order valence-corrected chi connectivity index (χ2v) is 2.99. The van der Waals surface area contributed by atoms with Crippen LogP contribution in [0.3, 0.4) is 0 Å². The van der Waals surface area contributed by atoms with Crippen molar-refractivity contribution in [1.82, 2.24) is 0 Å². The maximum Gasteiger partial charge on any atom is 0.308 e. The summed E-state index contributed by atoms with van der Waals surface area (Å²) in [5.74, 6) is -1.03. The van der Waals surface area contributed by atoms with Crippen molar-refractivity contribution in [3.63, 3.8) is 0 Å². The first kappa shape index (κ1) is 9.01. The van der Waals surface area contributed by atoms with Crippen LogP contribution in [0.4, 0.5) is 0 Å². The van der Waals surface area contributed by atoms with Crippen LogP contribution >= 0.6 is 0 Å². The molecule has 0 aromatic heterocycles. The summed E-state index contributed by atoms with van der Waals surface area (Å²) >= 11 is 0. The Morgan fingerprint density at radius 2 is 2.33 bits per heavy atom. The lowest BCUT2D eigenvalue weighted by molar-refractivity contribution is -0.145. The maximum atomic E-state index is 11.0. The monoisotopic (exact) mass is 169 g/mol. The Bertz CT molecular complexity index is 221. The number of nitrogens with zero attached hydrogens (tertiary/aromatic N) is 1. The zero-order valence-corrected chi connectivity index (χ0v) is 6.86. The zero-order chi connectivity index (χ0) is 9.14. The van der Waals surface area contributed by atoms with Crippen LogP contribution in [-0.4, -0.2) is 24.3 Å². The first-order valence-electron chi connectivity index (χ1n) is 3.84. The fourth-order valence-electron chi connectivity index (χ4n) is 1.51. The van der Waals surface area contributed by atoms with Crippen molar-refractivity contribution in [2.75, 3.05) is 7.11 Å². The van der Waals surface area contributed by atoms with E-state index in [-0.39, 0.29) is 11.9 Å². The van der Waals surface area contributed by atoms with Crippen molar-refractivity contribution in [3.8, 4) is 6.07 Å². The molecular weight excluding hydrogens is 158 g/mol. The van der Waals surface area contributed by atoms with Crippen LogP contribution in [0, 0.1) is 23.2 Å². The van der Waals surface area contributed by atoms with Gasteiger partial charge in [0.2, 0.25) is 0 Å². The summed E-state index contributed by atoms with van der Waals surface area (Å²) in [6.45, 7) is 0. The van der Waals surface area contributed by atoms with E-state index in [9.17, 15) is 9.90 Å². The highest BCUT2D eigenvalue weighted by Crippen LogP contribution is 2.31. The SMILES string of the molecule is COC(=O)[C@@H]1C[C@@H](O)[C@H](C#N)C1. The van der Waals surface area contributed by atoms with Crippen molar-refractivity contribution in [3.05, 3.63) is 0 Å². The summed E-state index contributed by atoms with van der Waals surface area (Å²) < 4.78 is 4.52. The van der Waals surface area contributed by atoms with Crippen LogP contribution in [0.25, 0.3) is 0 Å². The minimum Gasteiger partial charge on any atom is -0.469 e. The lowest BCUT2D eigenvalue weighted by Crippen LogP contribution is -2.13. The number of rotatable bonds is 1. The number of aliphatic hydroxyl groups is 1. The van der Waals surface area contributed by atoms with Crippen molar-refractivity contribution in [2.45, 2.75) is 18.9 Å². The Hall–Kier alpha value is -1.08. The van der Waals surface area contributed by atoms with Gasteiger partial charge in [0.1, 0.15) is 0 Å². The fraction of sp³-hybridized carbons (Fsp3) is 0.750. The highest BCUT2D eigenvalue weighted by atomic mass is 16.5. The number of hydrogen-bond donors (Lipinski definition) is 1. The number of carbonyl (C=O) groups excluding carboxylic acids is 1. The van der Waals surface area contributed by atoms with E-state index in [4.69, 9.17) is 5.26 Å². The van der Waals surface area contributed by atoms with Gasteiger partial charge in [0.25, 0.3) is 0 Å². The Labute approximate surface area is 70.7 Å². The van der Waals surface area contributed by atoms with Gasteiger partial charge in [-0.3, -0.25) is 4.79 Å². The van der Waals surface area contributed by atoms with Crippen molar-refractivity contribution < 1.29 is 14.6 Å². The molecule has 0 aromatic rings. The van der Waals surface area contributed by atoms with Gasteiger partial charge in [0, 0.05) is 0 Å². The highest BCUT2D eigenvalue weighted by molar-refractivity contribution is 5.72. The van der Waals surface area contributed by atoms with Gasteiger partial charge in [0.15, 0.2) is 0 Å². The number of carbonyl (C=O) groups is 1. The molecule has 0 spiro atoms. The molecular formula is C8H11NO3. The number of nitriles is 1. The summed E-state index contributed by atoms with van der Waals surface area (Å²) in [6, 6.07) is 1.96. The van der Waals surface area contributed by atoms with Gasteiger partial charge in [-0.05, 0) is 12.8 Å². The lowest BCUT2D eigenvalue weighted by atomic mass is 10.1. The van der Waals surface area contributed by atoms with E-state index in [1.165, 1.54) is 7.11 Å². The minimum atomic E-state index is -0.668. The molecule has 0 amide bonds. The lowest BCUT2D eigenvalue weighted by Gasteiger charge is -2.04. The first-order chi connectivity index (χ1) is 5.69. The molecule has 1 aliphatic carbocycles. The summed E-state index contributed by atoms with van der Waals surface area (Å²) in [4.78, 5) is 11.0. The van der Waals surface area contributed by atoms with Gasteiger partial charge in [0.05, 0.1) is 31.1 Å². The molecule has 1 rings (SSSR count). The van der Waals surface area contributed by atoms with Crippen LogP contribution in [0.1, 0.15) is 12.8 Å². The molecule has 0 unspecified atom stereocenters. The minimum absolute atomic E-state index is 0.297. The normalized spacial score (nSPS) is 34.2. The Balaban J connectivity index is 2.55. The summed E-state index contributed by atoms with van der Waals surface area (Å²) in [6.07, 6.45) is 0.106. The summed E-state index contributed by atoms with van der Waals surface area (Å²) in [7, 11) is 1.31. The molecule has 1 aliphatic rings. The zero-order valence-electron chi connectivity index (χ0n) is 6.86. The van der Waals surface area contributed by atoms with E-state index in [0.717, 1.165) is 0 Å². The summed E-state index contributed by atoms with van der Waals surface area (Å²) in [5.41, 5.74) is 0. The van der Waals surface area contributed by atoms with Crippen molar-refractivity contribution in [1.29, 1.82) is 5.26 Å². The van der Waals surface area contributed by atoms with Crippen LogP contribution in [0.2, 0.25) is 0 Å². The molecule has 12 heavy (non-hydrogen) atoms. The van der Waals surface area contributed by atoms with Gasteiger partial charge in [-0.2, -0.15) is 5.26 Å². The van der Waals surface area contributed by atoms with E-state index < -0.39 is 12.0 Å². The molecule has 0 aromatic carbocycles. The first-order valence-corrected chi connectivity index (χ1v) is 3.84. The molecule has 0 heterocycles. The van der Waals surface area contributed by atoms with Gasteiger partial charge in [-0.15, -0.1) is 0 Å². The third-order valence-corrected chi connectivity index (χ3v) is 2.23. The fourth-order valence-corrected chi connectivity index (χ4v) is 1.51. The third-order valence-electron chi connectivity index (χ3n) is 2.23. The van der Waals surface area contributed by atoms with Crippen LogP contribution in [0.15, 0.2) is 0 Å². The number of aliphatic hydroxyl groups excluding tert-OH is 1. The smallest absolute Gasteiger partial charge is 0.308 e. The van der Waals surface area contributed by atoms with Crippen molar-refractivity contribution in [2.24, 2.45) is 11.8 Å². The number of methoxy groups -OCH3 is 1. The quantitative estimate of drug-likeness (QED) is 0.564. The van der Waals surface area contributed by atoms with Crippen LogP contribution < -0.4 is 0 Å². The standard InChI is InChI=1S/C8H11NO3/c1-12-8(11)5-2-6(4-9)7(10)3-5/h5-7,10H,2-3H2,1H3/t5-,6-,7+/m0/s1. The number of esters is 1. The Morgan fingerprint density at radius 3 is 2.75 bits per heavy atom. The molecule has 0 aliphatic heterocycles. The average molecular weight is 169 g/mol. The van der Waals surface area contributed by atoms with Gasteiger partial charge < -0.3 is 9.84 Å². The topological polar surface area (TPSA) is 70.3 Å². The predicted molar refractivity (Wildman–Crippen MR) is 39.8 cm³/mol. The molecule has 4 heteroatoms. The molecule has 3 atom stereocenters. The molecule has 4 nitrogen and oxygen atoms in total. The second-order valence-electron chi connectivity index (χ2n) is 2.99. The number of ether oxygens (including phenoxy) is 1. The van der Waals surface area contributed by atoms with Crippen LogP contribution in [0.5, 0.6) is 0 Å². The van der Waals surface area contributed by atoms with E-state index in [1.54, 1.807) is 0 Å². The largest absolute Gasteiger partial charge is 0.469 e. The van der Waals surface area contributed by atoms with Gasteiger partial charge in [-0.1, -0.05) is 0 Å². The highest BCUT2D eigenvalue weighted by Gasteiger charge is 2.37.